The van der Waals surface area contributed by atoms with E-state index in [9.17, 15) is 0 Å². The Hall–Kier alpha value is -1.68. The van der Waals surface area contributed by atoms with Gasteiger partial charge in [0.05, 0.1) is 20.8 Å². The van der Waals surface area contributed by atoms with Crippen LogP contribution in [-0.4, -0.2) is 26.9 Å². The zero-order valence-corrected chi connectivity index (χ0v) is 11.9. The molecule has 1 unspecified atom stereocenters. The summed E-state index contributed by atoms with van der Waals surface area (Å²) in [6.45, 7) is 6.18. The number of nitrogens with two attached hydrogens (primary N) is 1. The van der Waals surface area contributed by atoms with E-state index in [0.29, 0.717) is 23.9 Å². The van der Waals surface area contributed by atoms with Gasteiger partial charge in [0.2, 0.25) is 5.75 Å². The van der Waals surface area contributed by atoms with Gasteiger partial charge in [0.1, 0.15) is 0 Å². The molecule has 0 aliphatic rings. The topological polar surface area (TPSA) is 53.7 Å². The molecule has 1 aromatic rings. The molecular formula is C15H23NO3. The lowest BCUT2D eigenvalue weighted by atomic mass is 10.1. The van der Waals surface area contributed by atoms with Gasteiger partial charge in [-0.1, -0.05) is 6.08 Å². The summed E-state index contributed by atoms with van der Waals surface area (Å²) < 4.78 is 16.4. The Morgan fingerprint density at radius 2 is 1.84 bits per heavy atom. The van der Waals surface area contributed by atoms with Crippen LogP contribution in [-0.2, 0) is 6.42 Å². The van der Waals surface area contributed by atoms with Crippen LogP contribution < -0.4 is 19.9 Å². The van der Waals surface area contributed by atoms with Crippen LogP contribution >= 0.6 is 0 Å². The SMILES string of the molecule is C=CCCOc1c(OC)cc(CC(C)N)cc1OC. The quantitative estimate of drug-likeness (QED) is 0.580. The molecule has 0 aliphatic carbocycles. The molecule has 0 spiro atoms. The Balaban J connectivity index is 3.02. The van der Waals surface area contributed by atoms with Gasteiger partial charge in [0.25, 0.3) is 0 Å². The third kappa shape index (κ3) is 4.48. The molecule has 0 saturated carbocycles. The Bertz CT molecular complexity index is 391. The summed E-state index contributed by atoms with van der Waals surface area (Å²) >= 11 is 0. The molecule has 0 saturated heterocycles. The molecule has 0 amide bonds. The lowest BCUT2D eigenvalue weighted by Gasteiger charge is -2.16. The standard InChI is InChI=1S/C15H23NO3/c1-5-6-7-19-15-13(17-3)9-12(8-11(2)16)10-14(15)18-4/h5,9-11H,1,6-8,16H2,2-4H3. The van der Waals surface area contributed by atoms with Crippen LogP contribution in [0, 0.1) is 0 Å². The van der Waals surface area contributed by atoms with E-state index in [0.717, 1.165) is 18.4 Å². The summed E-state index contributed by atoms with van der Waals surface area (Å²) in [6, 6.07) is 3.96. The second kappa shape index (κ2) is 7.69. The van der Waals surface area contributed by atoms with Crippen LogP contribution in [0.5, 0.6) is 17.2 Å². The van der Waals surface area contributed by atoms with Crippen LogP contribution in [0.15, 0.2) is 24.8 Å². The summed E-state index contributed by atoms with van der Waals surface area (Å²) in [5, 5.41) is 0. The molecule has 4 nitrogen and oxygen atoms in total. The van der Waals surface area contributed by atoms with E-state index in [-0.39, 0.29) is 6.04 Å². The smallest absolute Gasteiger partial charge is 0.203 e. The van der Waals surface area contributed by atoms with Gasteiger partial charge in [-0.2, -0.15) is 0 Å². The monoisotopic (exact) mass is 265 g/mol. The molecule has 0 fully saturated rings. The van der Waals surface area contributed by atoms with E-state index < -0.39 is 0 Å². The maximum Gasteiger partial charge on any atom is 0.203 e. The van der Waals surface area contributed by atoms with Gasteiger partial charge in [-0.25, -0.2) is 0 Å². The molecule has 106 valence electrons. The van der Waals surface area contributed by atoms with Gasteiger partial charge < -0.3 is 19.9 Å². The van der Waals surface area contributed by atoms with Crippen molar-refractivity contribution in [1.82, 2.24) is 0 Å². The fourth-order valence-corrected chi connectivity index (χ4v) is 1.81. The van der Waals surface area contributed by atoms with Gasteiger partial charge >= 0.3 is 0 Å². The van der Waals surface area contributed by atoms with Crippen molar-refractivity contribution in [3.8, 4) is 17.2 Å². The maximum absolute atomic E-state index is 5.82. The third-order valence-corrected chi connectivity index (χ3v) is 2.65. The predicted molar refractivity (Wildman–Crippen MR) is 77.2 cm³/mol. The molecule has 1 aromatic carbocycles. The molecule has 0 bridgehead atoms. The van der Waals surface area contributed by atoms with Crippen molar-refractivity contribution in [3.05, 3.63) is 30.4 Å². The van der Waals surface area contributed by atoms with E-state index in [1.165, 1.54) is 0 Å². The maximum atomic E-state index is 5.82. The summed E-state index contributed by atoms with van der Waals surface area (Å²) in [5.41, 5.74) is 6.89. The van der Waals surface area contributed by atoms with Crippen molar-refractivity contribution in [1.29, 1.82) is 0 Å². The first-order valence-electron chi connectivity index (χ1n) is 6.36. The fraction of sp³-hybridized carbons (Fsp3) is 0.467. The normalized spacial score (nSPS) is 11.8. The minimum atomic E-state index is 0.0851. The zero-order chi connectivity index (χ0) is 14.3. The Kier molecular flexibility index (Phi) is 6.22. The van der Waals surface area contributed by atoms with Crippen molar-refractivity contribution < 1.29 is 14.2 Å². The highest BCUT2D eigenvalue weighted by Gasteiger charge is 2.14. The second-order valence-electron chi connectivity index (χ2n) is 4.44. The van der Waals surface area contributed by atoms with Crippen LogP contribution in [0.3, 0.4) is 0 Å². The molecule has 0 aliphatic heterocycles. The third-order valence-electron chi connectivity index (χ3n) is 2.65. The number of hydrogen-bond donors (Lipinski definition) is 1. The first kappa shape index (κ1) is 15.4. The molecule has 0 heterocycles. The number of rotatable bonds is 8. The van der Waals surface area contributed by atoms with E-state index in [4.69, 9.17) is 19.9 Å². The highest BCUT2D eigenvalue weighted by molar-refractivity contribution is 5.54. The van der Waals surface area contributed by atoms with Crippen molar-refractivity contribution in [2.24, 2.45) is 5.73 Å². The summed E-state index contributed by atoms with van der Waals surface area (Å²) in [7, 11) is 3.23. The van der Waals surface area contributed by atoms with Crippen LogP contribution in [0.1, 0.15) is 18.9 Å². The van der Waals surface area contributed by atoms with Crippen molar-refractivity contribution >= 4 is 0 Å². The highest BCUT2D eigenvalue weighted by Crippen LogP contribution is 2.38. The largest absolute Gasteiger partial charge is 0.493 e. The summed E-state index contributed by atoms with van der Waals surface area (Å²) in [5.74, 6) is 1.96. The molecule has 0 radical (unpaired) electrons. The highest BCUT2D eigenvalue weighted by atomic mass is 16.5. The minimum absolute atomic E-state index is 0.0851. The second-order valence-corrected chi connectivity index (χ2v) is 4.44. The van der Waals surface area contributed by atoms with Gasteiger partial charge in [0, 0.05) is 6.04 Å². The predicted octanol–water partition coefficient (Wildman–Crippen LogP) is 2.55. The number of hydrogen-bond acceptors (Lipinski definition) is 4. The number of methoxy groups -OCH3 is 2. The lowest BCUT2D eigenvalue weighted by molar-refractivity contribution is 0.279. The van der Waals surface area contributed by atoms with Crippen LogP contribution in [0.2, 0.25) is 0 Å². The van der Waals surface area contributed by atoms with E-state index in [1.807, 2.05) is 25.1 Å². The van der Waals surface area contributed by atoms with E-state index in [1.54, 1.807) is 14.2 Å². The molecule has 4 heteroatoms. The van der Waals surface area contributed by atoms with Gasteiger partial charge in [-0.15, -0.1) is 6.58 Å². The molecule has 0 aromatic heterocycles. The fourth-order valence-electron chi connectivity index (χ4n) is 1.81. The molecule has 1 rings (SSSR count). The van der Waals surface area contributed by atoms with Gasteiger partial charge in [-0.05, 0) is 37.5 Å². The Labute approximate surface area is 115 Å². The zero-order valence-electron chi connectivity index (χ0n) is 11.9. The molecule has 19 heavy (non-hydrogen) atoms. The first-order chi connectivity index (χ1) is 9.12. The Morgan fingerprint density at radius 3 is 2.26 bits per heavy atom. The van der Waals surface area contributed by atoms with Crippen LogP contribution in [0.25, 0.3) is 0 Å². The Morgan fingerprint density at radius 1 is 1.26 bits per heavy atom. The summed E-state index contributed by atoms with van der Waals surface area (Å²) in [6.07, 6.45) is 3.34. The van der Waals surface area contributed by atoms with E-state index in [2.05, 4.69) is 6.58 Å². The summed E-state index contributed by atoms with van der Waals surface area (Å²) in [4.78, 5) is 0. The molecule has 1 atom stereocenters. The molecular weight excluding hydrogens is 242 g/mol. The first-order valence-corrected chi connectivity index (χ1v) is 6.36. The average molecular weight is 265 g/mol. The van der Waals surface area contributed by atoms with Gasteiger partial charge in [-0.3, -0.25) is 0 Å². The number of benzene rings is 1. The number of ether oxygens (including phenoxy) is 3. The van der Waals surface area contributed by atoms with Crippen molar-refractivity contribution in [2.45, 2.75) is 25.8 Å². The molecule has 2 N–H and O–H groups in total. The van der Waals surface area contributed by atoms with E-state index >= 15 is 0 Å². The van der Waals surface area contributed by atoms with Crippen molar-refractivity contribution in [3.63, 3.8) is 0 Å². The average Bonchev–Trinajstić information content (AvgIpc) is 2.38. The van der Waals surface area contributed by atoms with Crippen molar-refractivity contribution in [2.75, 3.05) is 20.8 Å². The lowest BCUT2D eigenvalue weighted by Crippen LogP contribution is -2.17. The van der Waals surface area contributed by atoms with Crippen LogP contribution in [0.4, 0.5) is 0 Å². The minimum Gasteiger partial charge on any atom is -0.493 e. The van der Waals surface area contributed by atoms with Gasteiger partial charge in [0.15, 0.2) is 11.5 Å².